The fraction of sp³-hybridized carbons (Fsp3) is 0.250. The lowest BCUT2D eigenvalue weighted by Crippen LogP contribution is -2.12. The fourth-order valence-corrected chi connectivity index (χ4v) is 1.11. The third-order valence-electron chi connectivity index (χ3n) is 1.67. The molecule has 0 saturated carbocycles. The van der Waals surface area contributed by atoms with Crippen LogP contribution in [0.1, 0.15) is 11.6 Å². The predicted octanol–water partition coefficient (Wildman–Crippen LogP) is 2.15. The minimum Gasteiger partial charge on any atom is -0.506 e. The highest BCUT2D eigenvalue weighted by atomic mass is 35.5. The number of benzene rings is 1. The second-order valence-electron chi connectivity index (χ2n) is 2.56. The molecular weight excluding hydrogens is 200 g/mol. The van der Waals surface area contributed by atoms with Crippen LogP contribution >= 0.6 is 11.6 Å². The Morgan fingerprint density at radius 1 is 1.54 bits per heavy atom. The Balaban J connectivity index is 3.18. The highest BCUT2D eigenvalue weighted by Crippen LogP contribution is 2.32. The van der Waals surface area contributed by atoms with E-state index in [9.17, 15) is 13.9 Å². The molecule has 0 spiro atoms. The molecule has 0 saturated heterocycles. The van der Waals surface area contributed by atoms with Crippen LogP contribution in [-0.2, 0) is 0 Å². The van der Waals surface area contributed by atoms with Crippen molar-refractivity contribution in [2.45, 2.75) is 6.04 Å². The van der Waals surface area contributed by atoms with Crippen LogP contribution in [0.25, 0.3) is 0 Å². The predicted molar refractivity (Wildman–Crippen MR) is 46.0 cm³/mol. The molecular formula is C8H8ClF2NO. The standard InChI is InChI=1S/C8H8ClF2NO/c9-7-5(11)2-1-4(8(7)13)6(12)3-10/h1-2,6,13H,3,12H2/t6-/m0/s1. The van der Waals surface area contributed by atoms with E-state index in [0.717, 1.165) is 6.07 Å². The molecule has 0 aliphatic rings. The highest BCUT2D eigenvalue weighted by molar-refractivity contribution is 6.32. The van der Waals surface area contributed by atoms with Gasteiger partial charge in [0.25, 0.3) is 0 Å². The minimum atomic E-state index is -0.974. The zero-order valence-electron chi connectivity index (χ0n) is 6.60. The van der Waals surface area contributed by atoms with Crippen molar-refractivity contribution in [3.05, 3.63) is 28.5 Å². The summed E-state index contributed by atoms with van der Waals surface area (Å²) in [6.45, 7) is -0.838. The third kappa shape index (κ3) is 1.89. The van der Waals surface area contributed by atoms with Crippen LogP contribution in [0, 0.1) is 5.82 Å². The van der Waals surface area contributed by atoms with Crippen LogP contribution in [-0.4, -0.2) is 11.8 Å². The zero-order valence-corrected chi connectivity index (χ0v) is 7.35. The maximum absolute atomic E-state index is 12.7. The summed E-state index contributed by atoms with van der Waals surface area (Å²) in [6.07, 6.45) is 0. The van der Waals surface area contributed by atoms with Gasteiger partial charge in [-0.3, -0.25) is 0 Å². The summed E-state index contributed by atoms with van der Waals surface area (Å²) in [6, 6.07) is 1.27. The van der Waals surface area contributed by atoms with E-state index >= 15 is 0 Å². The van der Waals surface area contributed by atoms with E-state index in [1.165, 1.54) is 6.07 Å². The summed E-state index contributed by atoms with van der Waals surface area (Å²) in [5, 5.41) is 8.83. The molecule has 1 aromatic carbocycles. The molecule has 0 amide bonds. The quantitative estimate of drug-likeness (QED) is 0.781. The van der Waals surface area contributed by atoms with Crippen molar-refractivity contribution in [1.29, 1.82) is 0 Å². The number of halogens is 3. The summed E-state index contributed by atoms with van der Waals surface area (Å²) in [5.74, 6) is -1.25. The molecule has 0 aliphatic heterocycles. The minimum absolute atomic E-state index is 0.105. The van der Waals surface area contributed by atoms with E-state index in [-0.39, 0.29) is 5.56 Å². The summed E-state index contributed by atoms with van der Waals surface area (Å²) in [5.41, 5.74) is 5.40. The van der Waals surface area contributed by atoms with Gasteiger partial charge in [0.05, 0.1) is 6.04 Å². The van der Waals surface area contributed by atoms with E-state index in [1.807, 2.05) is 0 Å². The number of phenols is 1. The van der Waals surface area contributed by atoms with E-state index in [4.69, 9.17) is 17.3 Å². The van der Waals surface area contributed by atoms with Gasteiger partial charge < -0.3 is 10.8 Å². The van der Waals surface area contributed by atoms with Gasteiger partial charge in [0, 0.05) is 5.56 Å². The molecule has 0 aromatic heterocycles. The summed E-state index contributed by atoms with van der Waals surface area (Å²) in [7, 11) is 0. The molecule has 1 aromatic rings. The SMILES string of the molecule is N[C@@H](CF)c1ccc(F)c(Cl)c1O. The maximum atomic E-state index is 12.7. The van der Waals surface area contributed by atoms with E-state index in [1.54, 1.807) is 0 Å². The molecule has 0 heterocycles. The highest BCUT2D eigenvalue weighted by Gasteiger charge is 2.15. The molecule has 0 radical (unpaired) electrons. The Hall–Kier alpha value is -0.870. The normalized spacial score (nSPS) is 12.9. The number of rotatable bonds is 2. The Kier molecular flexibility index (Phi) is 3.06. The smallest absolute Gasteiger partial charge is 0.145 e. The van der Waals surface area contributed by atoms with Crippen molar-refractivity contribution >= 4 is 11.6 Å². The maximum Gasteiger partial charge on any atom is 0.145 e. The Bertz CT molecular complexity index is 319. The van der Waals surface area contributed by atoms with Gasteiger partial charge in [-0.1, -0.05) is 17.7 Å². The monoisotopic (exact) mass is 207 g/mol. The molecule has 1 atom stereocenters. The molecule has 0 unspecified atom stereocenters. The zero-order chi connectivity index (χ0) is 10.0. The van der Waals surface area contributed by atoms with Gasteiger partial charge in [0.2, 0.25) is 0 Å². The number of hydrogen-bond acceptors (Lipinski definition) is 2. The first-order chi connectivity index (χ1) is 6.07. The van der Waals surface area contributed by atoms with Crippen molar-refractivity contribution in [2.75, 3.05) is 6.67 Å². The van der Waals surface area contributed by atoms with E-state index in [0.29, 0.717) is 0 Å². The third-order valence-corrected chi connectivity index (χ3v) is 2.03. The van der Waals surface area contributed by atoms with Gasteiger partial charge in [0.1, 0.15) is 23.3 Å². The number of nitrogens with two attached hydrogens (primary N) is 1. The summed E-state index contributed by atoms with van der Waals surface area (Å²) >= 11 is 5.38. The van der Waals surface area contributed by atoms with Gasteiger partial charge in [-0.15, -0.1) is 0 Å². The van der Waals surface area contributed by atoms with E-state index in [2.05, 4.69) is 0 Å². The lowest BCUT2D eigenvalue weighted by atomic mass is 10.1. The molecule has 3 N–H and O–H groups in total. The largest absolute Gasteiger partial charge is 0.506 e. The van der Waals surface area contributed by atoms with Crippen LogP contribution < -0.4 is 5.73 Å². The second-order valence-corrected chi connectivity index (χ2v) is 2.94. The first-order valence-corrected chi connectivity index (χ1v) is 3.94. The van der Waals surface area contributed by atoms with Crippen molar-refractivity contribution in [3.63, 3.8) is 0 Å². The lowest BCUT2D eigenvalue weighted by molar-refractivity contribution is 0.412. The van der Waals surface area contributed by atoms with Crippen LogP contribution in [0.4, 0.5) is 8.78 Å². The van der Waals surface area contributed by atoms with Gasteiger partial charge in [-0.2, -0.15) is 0 Å². The number of alkyl halides is 1. The van der Waals surface area contributed by atoms with Crippen LogP contribution in [0.3, 0.4) is 0 Å². The van der Waals surface area contributed by atoms with Gasteiger partial charge in [-0.05, 0) is 6.07 Å². The van der Waals surface area contributed by atoms with Gasteiger partial charge >= 0.3 is 0 Å². The molecule has 2 nitrogen and oxygen atoms in total. The number of hydrogen-bond donors (Lipinski definition) is 2. The second kappa shape index (κ2) is 3.89. The van der Waals surface area contributed by atoms with E-state index < -0.39 is 29.3 Å². The number of phenolic OH excluding ortho intramolecular Hbond substituents is 1. The van der Waals surface area contributed by atoms with Gasteiger partial charge in [-0.25, -0.2) is 8.78 Å². The topological polar surface area (TPSA) is 46.2 Å². The Labute approximate surface area is 78.9 Å². The Morgan fingerprint density at radius 3 is 2.69 bits per heavy atom. The van der Waals surface area contributed by atoms with Crippen molar-refractivity contribution < 1.29 is 13.9 Å². The first-order valence-electron chi connectivity index (χ1n) is 3.56. The summed E-state index contributed by atoms with van der Waals surface area (Å²) in [4.78, 5) is 0. The van der Waals surface area contributed by atoms with Crippen LogP contribution in [0.15, 0.2) is 12.1 Å². The molecule has 72 valence electrons. The molecule has 1 rings (SSSR count). The number of aromatic hydroxyl groups is 1. The van der Waals surface area contributed by atoms with Crippen molar-refractivity contribution in [3.8, 4) is 5.75 Å². The molecule has 0 aliphatic carbocycles. The van der Waals surface area contributed by atoms with Gasteiger partial charge in [0.15, 0.2) is 0 Å². The lowest BCUT2D eigenvalue weighted by Gasteiger charge is -2.10. The molecule has 13 heavy (non-hydrogen) atoms. The molecule has 0 bridgehead atoms. The Morgan fingerprint density at radius 2 is 2.15 bits per heavy atom. The molecule has 0 fully saturated rings. The first kappa shape index (κ1) is 10.2. The fourth-order valence-electron chi connectivity index (χ4n) is 0.937. The van der Waals surface area contributed by atoms with Crippen molar-refractivity contribution in [1.82, 2.24) is 0 Å². The van der Waals surface area contributed by atoms with Crippen LogP contribution in [0.2, 0.25) is 5.02 Å². The average Bonchev–Trinajstić information content (AvgIpc) is 2.13. The molecule has 5 heteroatoms. The van der Waals surface area contributed by atoms with Crippen molar-refractivity contribution in [2.24, 2.45) is 5.73 Å². The van der Waals surface area contributed by atoms with Crippen LogP contribution in [0.5, 0.6) is 5.75 Å². The summed E-state index contributed by atoms with van der Waals surface area (Å²) < 4.78 is 24.8. The average molecular weight is 208 g/mol.